The van der Waals surface area contributed by atoms with Crippen molar-refractivity contribution in [3.8, 4) is 11.3 Å². The van der Waals surface area contributed by atoms with Gasteiger partial charge in [0, 0.05) is 36.6 Å². The van der Waals surface area contributed by atoms with Gasteiger partial charge in [0.1, 0.15) is 0 Å². The van der Waals surface area contributed by atoms with Crippen LogP contribution in [0.3, 0.4) is 0 Å². The Bertz CT molecular complexity index is 992. The molecule has 4 rings (SSSR count). The fourth-order valence-electron chi connectivity index (χ4n) is 3.29. The highest BCUT2D eigenvalue weighted by Crippen LogP contribution is 2.32. The summed E-state index contributed by atoms with van der Waals surface area (Å²) in [4.78, 5) is 22.7. The van der Waals surface area contributed by atoms with E-state index < -0.39 is 0 Å². The van der Waals surface area contributed by atoms with E-state index in [4.69, 9.17) is 0 Å². The topological polar surface area (TPSA) is 50.5 Å². The Labute approximate surface area is 148 Å². The number of benzene rings is 1. The molecule has 0 spiro atoms. The van der Waals surface area contributed by atoms with Gasteiger partial charge in [0.2, 0.25) is 11.7 Å². The molecule has 122 valence electrons. The van der Waals surface area contributed by atoms with Crippen LogP contribution >= 0.6 is 15.9 Å². The minimum Gasteiger partial charge on any atom is -0.312 e. The third kappa shape index (κ3) is 2.24. The Morgan fingerprint density at radius 1 is 1.25 bits per heavy atom. The van der Waals surface area contributed by atoms with Crippen LogP contribution < -0.4 is 4.90 Å². The third-order valence-electron chi connectivity index (χ3n) is 4.60. The molecule has 0 bridgehead atoms. The zero-order chi connectivity index (χ0) is 17.0. The Balaban J connectivity index is 1.82. The SMILES string of the molecule is CC(=O)N1CCc2cc(-c3cn4c(C)c(Br)c(C)nc4n3)ccc21. The maximum absolute atomic E-state index is 11.7. The molecule has 2 aromatic heterocycles. The zero-order valence-corrected chi connectivity index (χ0v) is 15.4. The van der Waals surface area contributed by atoms with Crippen LogP contribution in [0.2, 0.25) is 0 Å². The summed E-state index contributed by atoms with van der Waals surface area (Å²) in [5.74, 6) is 0.795. The maximum atomic E-state index is 11.7. The Morgan fingerprint density at radius 3 is 2.79 bits per heavy atom. The van der Waals surface area contributed by atoms with E-state index in [9.17, 15) is 4.79 Å². The summed E-state index contributed by atoms with van der Waals surface area (Å²) < 4.78 is 3.01. The highest BCUT2D eigenvalue weighted by Gasteiger charge is 2.22. The van der Waals surface area contributed by atoms with E-state index in [0.717, 1.165) is 45.8 Å². The van der Waals surface area contributed by atoms with E-state index in [-0.39, 0.29) is 5.91 Å². The smallest absolute Gasteiger partial charge is 0.234 e. The van der Waals surface area contributed by atoms with Gasteiger partial charge in [-0.1, -0.05) is 6.07 Å². The number of aromatic nitrogens is 3. The molecule has 0 saturated carbocycles. The van der Waals surface area contributed by atoms with Gasteiger partial charge in [-0.3, -0.25) is 9.20 Å². The Kier molecular flexibility index (Phi) is 3.46. The van der Waals surface area contributed by atoms with Crippen molar-refractivity contribution in [3.05, 3.63) is 45.8 Å². The predicted molar refractivity (Wildman–Crippen MR) is 97.3 cm³/mol. The van der Waals surface area contributed by atoms with Gasteiger partial charge in [-0.2, -0.15) is 0 Å². The van der Waals surface area contributed by atoms with Gasteiger partial charge in [0.05, 0.1) is 15.9 Å². The number of fused-ring (bicyclic) bond motifs is 2. The lowest BCUT2D eigenvalue weighted by molar-refractivity contribution is -0.116. The van der Waals surface area contributed by atoms with Crippen LogP contribution in [-0.4, -0.2) is 26.8 Å². The highest BCUT2D eigenvalue weighted by atomic mass is 79.9. The quantitative estimate of drug-likeness (QED) is 0.642. The fraction of sp³-hybridized carbons (Fsp3) is 0.278. The largest absolute Gasteiger partial charge is 0.312 e. The number of anilines is 1. The lowest BCUT2D eigenvalue weighted by Gasteiger charge is -2.14. The molecule has 0 radical (unpaired) electrons. The van der Waals surface area contributed by atoms with E-state index in [1.807, 2.05) is 41.5 Å². The molecule has 1 aliphatic heterocycles. The van der Waals surface area contributed by atoms with Crippen molar-refractivity contribution in [1.29, 1.82) is 0 Å². The van der Waals surface area contributed by atoms with Gasteiger partial charge in [-0.05, 0) is 53.9 Å². The standard InChI is InChI=1S/C18H17BrN4O/c1-10-17(19)11(2)23-9-15(21-18(23)20-10)13-4-5-16-14(8-13)6-7-22(16)12(3)24/h4-5,8-9H,6-7H2,1-3H3. The van der Waals surface area contributed by atoms with Gasteiger partial charge < -0.3 is 4.90 Å². The molecule has 0 N–H and O–H groups in total. The van der Waals surface area contributed by atoms with Crippen LogP contribution in [0.1, 0.15) is 23.9 Å². The minimum absolute atomic E-state index is 0.0920. The average Bonchev–Trinajstić information content (AvgIpc) is 3.16. The van der Waals surface area contributed by atoms with Crippen molar-refractivity contribution in [3.63, 3.8) is 0 Å². The number of halogens is 1. The van der Waals surface area contributed by atoms with E-state index in [1.54, 1.807) is 6.92 Å². The molecule has 24 heavy (non-hydrogen) atoms. The molecular formula is C18H17BrN4O. The van der Waals surface area contributed by atoms with E-state index in [2.05, 4.69) is 32.0 Å². The molecule has 5 nitrogen and oxygen atoms in total. The fourth-order valence-corrected chi connectivity index (χ4v) is 3.57. The van der Waals surface area contributed by atoms with Crippen molar-refractivity contribution in [2.24, 2.45) is 0 Å². The van der Waals surface area contributed by atoms with Gasteiger partial charge in [-0.25, -0.2) is 9.97 Å². The molecule has 0 unspecified atom stereocenters. The molecule has 6 heteroatoms. The van der Waals surface area contributed by atoms with Gasteiger partial charge in [0.15, 0.2) is 0 Å². The molecule has 1 aromatic carbocycles. The van der Waals surface area contributed by atoms with Crippen molar-refractivity contribution in [2.75, 3.05) is 11.4 Å². The summed E-state index contributed by atoms with van der Waals surface area (Å²) >= 11 is 3.58. The maximum Gasteiger partial charge on any atom is 0.234 e. The molecule has 1 aliphatic rings. The number of imidazole rings is 1. The summed E-state index contributed by atoms with van der Waals surface area (Å²) in [5.41, 5.74) is 6.18. The van der Waals surface area contributed by atoms with Crippen LogP contribution in [-0.2, 0) is 11.2 Å². The third-order valence-corrected chi connectivity index (χ3v) is 5.75. The summed E-state index contributed by atoms with van der Waals surface area (Å²) in [5, 5.41) is 0. The van der Waals surface area contributed by atoms with Crippen LogP contribution in [0.15, 0.2) is 28.9 Å². The minimum atomic E-state index is 0.0920. The average molecular weight is 385 g/mol. The van der Waals surface area contributed by atoms with Crippen molar-refractivity contribution in [1.82, 2.24) is 14.4 Å². The normalized spacial score (nSPS) is 13.6. The number of nitrogens with zero attached hydrogens (tertiary/aromatic N) is 4. The molecule has 1 amide bonds. The first-order chi connectivity index (χ1) is 11.5. The highest BCUT2D eigenvalue weighted by molar-refractivity contribution is 9.10. The number of aryl methyl sites for hydroxylation is 2. The number of carbonyl (C=O) groups is 1. The van der Waals surface area contributed by atoms with Gasteiger partial charge in [-0.15, -0.1) is 0 Å². The van der Waals surface area contributed by atoms with Crippen molar-refractivity contribution >= 4 is 33.3 Å². The van der Waals surface area contributed by atoms with Gasteiger partial charge >= 0.3 is 0 Å². The first-order valence-corrected chi connectivity index (χ1v) is 8.68. The predicted octanol–water partition coefficient (Wildman–Crippen LogP) is 3.68. The number of hydrogen-bond acceptors (Lipinski definition) is 3. The summed E-state index contributed by atoms with van der Waals surface area (Å²) in [6, 6.07) is 6.18. The molecule has 0 atom stereocenters. The van der Waals surface area contributed by atoms with Crippen LogP contribution in [0.25, 0.3) is 17.0 Å². The van der Waals surface area contributed by atoms with E-state index in [1.165, 1.54) is 5.56 Å². The van der Waals surface area contributed by atoms with E-state index >= 15 is 0 Å². The summed E-state index contributed by atoms with van der Waals surface area (Å²) in [6.45, 7) is 6.38. The van der Waals surface area contributed by atoms with Crippen molar-refractivity contribution in [2.45, 2.75) is 27.2 Å². The van der Waals surface area contributed by atoms with Crippen LogP contribution in [0.5, 0.6) is 0 Å². The molecule has 0 saturated heterocycles. The first-order valence-electron chi connectivity index (χ1n) is 7.89. The summed E-state index contributed by atoms with van der Waals surface area (Å²) in [7, 11) is 0. The number of rotatable bonds is 1. The molecule has 0 fully saturated rings. The number of hydrogen-bond donors (Lipinski definition) is 0. The second kappa shape index (κ2) is 5.41. The summed E-state index contributed by atoms with van der Waals surface area (Å²) in [6.07, 6.45) is 2.90. The number of amides is 1. The lowest BCUT2D eigenvalue weighted by Crippen LogP contribution is -2.25. The molecule has 0 aliphatic carbocycles. The monoisotopic (exact) mass is 384 g/mol. The molecule has 3 aromatic rings. The van der Waals surface area contributed by atoms with Crippen molar-refractivity contribution < 1.29 is 4.79 Å². The number of carbonyl (C=O) groups excluding carboxylic acids is 1. The van der Waals surface area contributed by atoms with Crippen LogP contribution in [0.4, 0.5) is 5.69 Å². The molecule has 3 heterocycles. The second-order valence-electron chi connectivity index (χ2n) is 6.16. The second-order valence-corrected chi connectivity index (χ2v) is 6.95. The Morgan fingerprint density at radius 2 is 2.04 bits per heavy atom. The Hall–Kier alpha value is -2.21. The van der Waals surface area contributed by atoms with E-state index in [0.29, 0.717) is 5.78 Å². The molecular weight excluding hydrogens is 368 g/mol. The first kappa shape index (κ1) is 15.3. The van der Waals surface area contributed by atoms with Crippen LogP contribution in [0, 0.1) is 13.8 Å². The zero-order valence-electron chi connectivity index (χ0n) is 13.8. The lowest BCUT2D eigenvalue weighted by atomic mass is 10.1. The van der Waals surface area contributed by atoms with Gasteiger partial charge in [0.25, 0.3) is 0 Å².